The second-order valence-corrected chi connectivity index (χ2v) is 8.22. The van der Waals surface area contributed by atoms with Gasteiger partial charge in [-0.15, -0.1) is 0 Å². The molecule has 1 heterocycles. The van der Waals surface area contributed by atoms with Crippen molar-refractivity contribution in [1.29, 1.82) is 0 Å². The van der Waals surface area contributed by atoms with Gasteiger partial charge < -0.3 is 9.47 Å². The van der Waals surface area contributed by atoms with Gasteiger partial charge in [0.05, 0.1) is 30.9 Å². The summed E-state index contributed by atoms with van der Waals surface area (Å²) in [6, 6.07) is 25.0. The van der Waals surface area contributed by atoms with Crippen molar-refractivity contribution in [3.8, 4) is 11.5 Å². The van der Waals surface area contributed by atoms with E-state index in [-0.39, 0.29) is 11.9 Å². The Bertz CT molecular complexity index is 1160. The van der Waals surface area contributed by atoms with Gasteiger partial charge in [-0.2, -0.15) is 0 Å². The van der Waals surface area contributed by atoms with E-state index in [4.69, 9.17) is 14.5 Å². The molecule has 3 aromatic carbocycles. The summed E-state index contributed by atoms with van der Waals surface area (Å²) < 4.78 is 10.8. The van der Waals surface area contributed by atoms with Gasteiger partial charge >= 0.3 is 0 Å². The predicted molar refractivity (Wildman–Crippen MR) is 130 cm³/mol. The molecule has 0 N–H and O–H groups in total. The minimum Gasteiger partial charge on any atom is -0.497 e. The molecule has 0 aromatic heterocycles. The maximum atomic E-state index is 13.6. The Balaban J connectivity index is 1.77. The first-order chi connectivity index (χ1) is 15.6. The number of carbonyl (C=O) groups excluding carboxylic acids is 1. The molecule has 162 valence electrons. The van der Waals surface area contributed by atoms with Crippen LogP contribution in [0.5, 0.6) is 11.5 Å². The van der Waals surface area contributed by atoms with Gasteiger partial charge in [0.1, 0.15) is 11.5 Å². The zero-order valence-corrected chi connectivity index (χ0v) is 19.0. The summed E-state index contributed by atoms with van der Waals surface area (Å²) in [5, 5.41) is 0.644. The standard InChI is InChI=1S/C26H24N2O3S/c1-18(19-10-6-4-7-11-19)28-25(29)24(32-26(28)27-21-12-8-5-9-13-21)17-20-16-22(30-2)14-15-23(20)31-3/h4-18H,1-3H3/b24-17+,27-26?/t18-/m0/s1. The number of para-hydroxylation sites is 1. The average Bonchev–Trinajstić information content (AvgIpc) is 3.14. The lowest BCUT2D eigenvalue weighted by atomic mass is 10.1. The van der Waals surface area contributed by atoms with Gasteiger partial charge in [-0.3, -0.25) is 9.69 Å². The predicted octanol–water partition coefficient (Wildman–Crippen LogP) is 6.07. The van der Waals surface area contributed by atoms with Crippen molar-refractivity contribution in [1.82, 2.24) is 4.90 Å². The van der Waals surface area contributed by atoms with E-state index >= 15 is 0 Å². The molecular weight excluding hydrogens is 420 g/mol. The fourth-order valence-corrected chi connectivity index (χ4v) is 4.55. The monoisotopic (exact) mass is 444 g/mol. The number of benzene rings is 3. The zero-order valence-electron chi connectivity index (χ0n) is 18.2. The number of thioether (sulfide) groups is 1. The van der Waals surface area contributed by atoms with Crippen LogP contribution in [0.3, 0.4) is 0 Å². The molecule has 5 nitrogen and oxygen atoms in total. The smallest absolute Gasteiger partial charge is 0.267 e. The van der Waals surface area contributed by atoms with Gasteiger partial charge in [0.25, 0.3) is 5.91 Å². The van der Waals surface area contributed by atoms with Gasteiger partial charge in [-0.05, 0) is 60.7 Å². The molecule has 3 aromatic rings. The third-order valence-electron chi connectivity index (χ3n) is 5.21. The number of methoxy groups -OCH3 is 2. The number of nitrogens with zero attached hydrogens (tertiary/aromatic N) is 2. The Morgan fingerprint density at radius 3 is 2.28 bits per heavy atom. The normalized spacial score (nSPS) is 17.1. The Morgan fingerprint density at radius 1 is 0.938 bits per heavy atom. The maximum Gasteiger partial charge on any atom is 0.267 e. The van der Waals surface area contributed by atoms with Gasteiger partial charge in [0, 0.05) is 5.56 Å². The highest BCUT2D eigenvalue weighted by Gasteiger charge is 2.37. The fourth-order valence-electron chi connectivity index (χ4n) is 3.49. The van der Waals surface area contributed by atoms with Crippen LogP contribution in [0.1, 0.15) is 24.1 Å². The maximum absolute atomic E-state index is 13.6. The molecule has 0 spiro atoms. The summed E-state index contributed by atoms with van der Waals surface area (Å²) in [7, 11) is 3.22. The van der Waals surface area contributed by atoms with Crippen molar-refractivity contribution < 1.29 is 14.3 Å². The number of hydrogen-bond donors (Lipinski definition) is 0. The second kappa shape index (κ2) is 9.75. The number of aliphatic imine (C=N–C) groups is 1. The van der Waals surface area contributed by atoms with Crippen LogP contribution in [-0.2, 0) is 4.79 Å². The van der Waals surface area contributed by atoms with Crippen LogP contribution in [-0.4, -0.2) is 30.2 Å². The van der Waals surface area contributed by atoms with Gasteiger partial charge in [0.2, 0.25) is 0 Å². The molecule has 32 heavy (non-hydrogen) atoms. The van der Waals surface area contributed by atoms with Crippen LogP contribution in [0.4, 0.5) is 5.69 Å². The van der Waals surface area contributed by atoms with E-state index in [0.29, 0.717) is 21.6 Å². The molecule has 1 saturated heterocycles. The van der Waals surface area contributed by atoms with E-state index in [1.807, 2.05) is 91.9 Å². The Labute approximate surface area is 192 Å². The number of rotatable bonds is 6. The highest BCUT2D eigenvalue weighted by molar-refractivity contribution is 8.18. The molecule has 0 saturated carbocycles. The lowest BCUT2D eigenvalue weighted by molar-refractivity contribution is -0.123. The molecule has 0 aliphatic carbocycles. The third kappa shape index (κ3) is 4.55. The number of carbonyl (C=O) groups is 1. The summed E-state index contributed by atoms with van der Waals surface area (Å²) in [5.41, 5.74) is 2.62. The van der Waals surface area contributed by atoms with Gasteiger partial charge in [-0.1, -0.05) is 48.5 Å². The van der Waals surface area contributed by atoms with Crippen molar-refractivity contribution in [3.05, 3.63) is 94.9 Å². The van der Waals surface area contributed by atoms with E-state index in [0.717, 1.165) is 16.8 Å². The van der Waals surface area contributed by atoms with Gasteiger partial charge in [0.15, 0.2) is 5.17 Å². The molecule has 1 atom stereocenters. The number of amides is 1. The minimum atomic E-state index is -0.170. The first-order valence-electron chi connectivity index (χ1n) is 10.2. The topological polar surface area (TPSA) is 51.1 Å². The van der Waals surface area contributed by atoms with E-state index in [1.165, 1.54) is 11.8 Å². The van der Waals surface area contributed by atoms with Crippen molar-refractivity contribution in [2.24, 2.45) is 4.99 Å². The molecule has 1 amide bonds. The Morgan fingerprint density at radius 2 is 1.62 bits per heavy atom. The van der Waals surface area contributed by atoms with Crippen LogP contribution < -0.4 is 9.47 Å². The Hall–Kier alpha value is -3.51. The van der Waals surface area contributed by atoms with Crippen LogP contribution >= 0.6 is 11.8 Å². The largest absolute Gasteiger partial charge is 0.497 e. The summed E-state index contributed by atoms with van der Waals surface area (Å²) in [6.07, 6.45) is 1.84. The molecule has 1 aliphatic heterocycles. The lowest BCUT2D eigenvalue weighted by Crippen LogP contribution is -2.32. The van der Waals surface area contributed by atoms with Crippen molar-refractivity contribution in [2.75, 3.05) is 14.2 Å². The average molecular weight is 445 g/mol. The molecule has 6 heteroatoms. The Kier molecular flexibility index (Phi) is 6.61. The quantitative estimate of drug-likeness (QED) is 0.433. The lowest BCUT2D eigenvalue weighted by Gasteiger charge is -2.24. The number of ether oxygens (including phenoxy) is 2. The first kappa shape index (κ1) is 21.7. The molecule has 0 bridgehead atoms. The minimum absolute atomic E-state index is 0.0918. The molecule has 0 unspecified atom stereocenters. The molecule has 1 fully saturated rings. The summed E-state index contributed by atoms with van der Waals surface area (Å²) >= 11 is 1.36. The van der Waals surface area contributed by atoms with E-state index < -0.39 is 0 Å². The van der Waals surface area contributed by atoms with Crippen LogP contribution in [0.25, 0.3) is 6.08 Å². The number of amidine groups is 1. The summed E-state index contributed by atoms with van der Waals surface area (Å²) in [5.74, 6) is 1.27. The molecule has 0 radical (unpaired) electrons. The zero-order chi connectivity index (χ0) is 22.5. The van der Waals surface area contributed by atoms with Crippen LogP contribution in [0.2, 0.25) is 0 Å². The fraction of sp³-hybridized carbons (Fsp3) is 0.154. The van der Waals surface area contributed by atoms with E-state index in [1.54, 1.807) is 19.1 Å². The van der Waals surface area contributed by atoms with Gasteiger partial charge in [-0.25, -0.2) is 4.99 Å². The second-order valence-electron chi connectivity index (χ2n) is 7.21. The summed E-state index contributed by atoms with van der Waals surface area (Å²) in [6.45, 7) is 2.02. The number of hydrogen-bond acceptors (Lipinski definition) is 5. The highest BCUT2D eigenvalue weighted by atomic mass is 32.2. The molecular formula is C26H24N2O3S. The van der Waals surface area contributed by atoms with Crippen molar-refractivity contribution in [3.63, 3.8) is 0 Å². The first-order valence-corrected chi connectivity index (χ1v) is 11.1. The molecule has 1 aliphatic rings. The SMILES string of the molecule is COc1ccc(OC)c(/C=C2/SC(=Nc3ccccc3)N([C@@H](C)c3ccccc3)C2=O)c1. The third-order valence-corrected chi connectivity index (χ3v) is 6.19. The van der Waals surface area contributed by atoms with Crippen molar-refractivity contribution >= 4 is 34.6 Å². The van der Waals surface area contributed by atoms with Crippen molar-refractivity contribution in [2.45, 2.75) is 13.0 Å². The van der Waals surface area contributed by atoms with E-state index in [2.05, 4.69) is 0 Å². The molecule has 4 rings (SSSR count). The van der Waals surface area contributed by atoms with Crippen LogP contribution in [0.15, 0.2) is 88.8 Å². The summed E-state index contributed by atoms with van der Waals surface area (Å²) in [4.78, 5) is 20.7. The highest BCUT2D eigenvalue weighted by Crippen LogP contribution is 2.40. The van der Waals surface area contributed by atoms with Crippen LogP contribution in [0, 0.1) is 0 Å². The van der Waals surface area contributed by atoms with E-state index in [9.17, 15) is 4.79 Å².